The lowest BCUT2D eigenvalue weighted by molar-refractivity contribution is 0.539. The van der Waals surface area contributed by atoms with Crippen LogP contribution >= 0.6 is 0 Å². The molecule has 1 aromatic heterocycles. The van der Waals surface area contributed by atoms with Crippen molar-refractivity contribution in [1.82, 2.24) is 9.97 Å². The van der Waals surface area contributed by atoms with Crippen LogP contribution < -0.4 is 0 Å². The third-order valence-electron chi connectivity index (χ3n) is 3.96. The highest BCUT2D eigenvalue weighted by atomic mass is 32.2. The van der Waals surface area contributed by atoms with Crippen LogP contribution in [0.4, 0.5) is 13.2 Å². The van der Waals surface area contributed by atoms with E-state index in [2.05, 4.69) is 9.97 Å². The number of benzene rings is 1. The van der Waals surface area contributed by atoms with Crippen LogP contribution in [0.2, 0.25) is 0 Å². The predicted molar refractivity (Wildman–Crippen MR) is 89.7 cm³/mol. The molecular formula is C17H19F3N2O2S. The Hall–Kier alpha value is -1.80. The zero-order chi connectivity index (χ0) is 18.7. The monoisotopic (exact) mass is 372 g/mol. The Morgan fingerprint density at radius 1 is 1.16 bits per heavy atom. The molecule has 2 unspecified atom stereocenters. The van der Waals surface area contributed by atoms with Crippen molar-refractivity contribution in [2.75, 3.05) is 0 Å². The first-order chi connectivity index (χ1) is 11.7. The minimum atomic E-state index is -2.13. The standard InChI is InChI=1S/C17H19F3N2O2S/c1-4-9(2)5-14-16(10(3)21-15(22-14)8-25(23)24)17-12(19)6-11(18)7-13(17)20/h6-7,9H,4-5,8H2,1-3H3,(H,23,24). The highest BCUT2D eigenvalue weighted by Crippen LogP contribution is 2.32. The molecule has 1 N–H and O–H groups in total. The van der Waals surface area contributed by atoms with Crippen LogP contribution in [-0.2, 0) is 23.3 Å². The summed E-state index contributed by atoms with van der Waals surface area (Å²) in [5.41, 5.74) is 0.446. The lowest BCUT2D eigenvalue weighted by Gasteiger charge is -2.17. The van der Waals surface area contributed by atoms with E-state index in [1.54, 1.807) is 6.92 Å². The van der Waals surface area contributed by atoms with Gasteiger partial charge in [0.15, 0.2) is 11.1 Å². The number of halogens is 3. The van der Waals surface area contributed by atoms with Crippen molar-refractivity contribution in [3.8, 4) is 11.1 Å². The fourth-order valence-corrected chi connectivity index (χ4v) is 2.95. The van der Waals surface area contributed by atoms with E-state index in [0.29, 0.717) is 24.2 Å². The van der Waals surface area contributed by atoms with E-state index in [1.165, 1.54) is 0 Å². The molecule has 0 aliphatic rings. The van der Waals surface area contributed by atoms with Crippen LogP contribution in [-0.4, -0.2) is 18.7 Å². The van der Waals surface area contributed by atoms with E-state index < -0.39 is 28.5 Å². The van der Waals surface area contributed by atoms with Crippen molar-refractivity contribution in [2.45, 2.75) is 39.4 Å². The summed E-state index contributed by atoms with van der Waals surface area (Å²) in [4.78, 5) is 8.35. The van der Waals surface area contributed by atoms with E-state index >= 15 is 0 Å². The molecule has 0 saturated carbocycles. The molecule has 4 nitrogen and oxygen atoms in total. The van der Waals surface area contributed by atoms with Crippen LogP contribution in [0.5, 0.6) is 0 Å². The molecule has 0 amide bonds. The summed E-state index contributed by atoms with van der Waals surface area (Å²) in [6.07, 6.45) is 1.23. The van der Waals surface area contributed by atoms with Gasteiger partial charge >= 0.3 is 0 Å². The van der Waals surface area contributed by atoms with Crippen molar-refractivity contribution in [2.24, 2.45) is 5.92 Å². The number of rotatable bonds is 6. The summed E-state index contributed by atoms with van der Waals surface area (Å²) < 4.78 is 61.8. The SMILES string of the molecule is CCC(C)Cc1nc(CS(=O)O)nc(C)c1-c1c(F)cc(F)cc1F. The second kappa shape index (κ2) is 8.05. The van der Waals surface area contributed by atoms with Crippen molar-refractivity contribution < 1.29 is 21.9 Å². The second-order valence-electron chi connectivity index (χ2n) is 5.97. The van der Waals surface area contributed by atoms with Crippen LogP contribution in [0, 0.1) is 30.3 Å². The Kier molecular flexibility index (Phi) is 6.29. The summed E-state index contributed by atoms with van der Waals surface area (Å²) >= 11 is -2.13. The minimum Gasteiger partial charge on any atom is -0.306 e. The average molecular weight is 372 g/mol. The molecular weight excluding hydrogens is 353 g/mol. The number of aromatic nitrogens is 2. The Labute approximate surface area is 146 Å². The lowest BCUT2D eigenvalue weighted by Crippen LogP contribution is -2.11. The topological polar surface area (TPSA) is 63.1 Å². The van der Waals surface area contributed by atoms with Gasteiger partial charge in [-0.3, -0.25) is 0 Å². The van der Waals surface area contributed by atoms with Gasteiger partial charge in [0.1, 0.15) is 29.0 Å². The van der Waals surface area contributed by atoms with Crippen molar-refractivity contribution in [3.63, 3.8) is 0 Å². The fourth-order valence-electron chi connectivity index (χ4n) is 2.60. The predicted octanol–water partition coefficient (Wildman–Crippen LogP) is 4.18. The van der Waals surface area contributed by atoms with E-state index in [4.69, 9.17) is 4.55 Å². The molecule has 1 heterocycles. The Bertz CT molecular complexity index is 792. The van der Waals surface area contributed by atoms with Gasteiger partial charge < -0.3 is 4.55 Å². The van der Waals surface area contributed by atoms with Gasteiger partial charge in [-0.05, 0) is 19.3 Å². The molecule has 8 heteroatoms. The summed E-state index contributed by atoms with van der Waals surface area (Å²) in [5, 5.41) is 0. The number of hydrogen-bond donors (Lipinski definition) is 1. The Morgan fingerprint density at radius 3 is 2.28 bits per heavy atom. The molecule has 25 heavy (non-hydrogen) atoms. The first-order valence-electron chi connectivity index (χ1n) is 7.81. The zero-order valence-electron chi connectivity index (χ0n) is 14.1. The van der Waals surface area contributed by atoms with Gasteiger partial charge in [0.05, 0.1) is 11.3 Å². The molecule has 2 atom stereocenters. The van der Waals surface area contributed by atoms with Crippen LogP contribution in [0.1, 0.15) is 37.5 Å². The fraction of sp³-hybridized carbons (Fsp3) is 0.412. The van der Waals surface area contributed by atoms with E-state index in [0.717, 1.165) is 6.42 Å². The smallest absolute Gasteiger partial charge is 0.160 e. The molecule has 0 aliphatic heterocycles. The van der Waals surface area contributed by atoms with Crippen molar-refractivity contribution in [1.29, 1.82) is 0 Å². The molecule has 2 aromatic rings. The molecule has 1 aromatic carbocycles. The molecule has 0 fully saturated rings. The third kappa shape index (κ3) is 4.64. The summed E-state index contributed by atoms with van der Waals surface area (Å²) in [7, 11) is 0. The first kappa shape index (κ1) is 19.5. The van der Waals surface area contributed by atoms with Crippen molar-refractivity contribution in [3.05, 3.63) is 46.8 Å². The summed E-state index contributed by atoms with van der Waals surface area (Å²) in [6, 6.07) is 1.23. The summed E-state index contributed by atoms with van der Waals surface area (Å²) in [6.45, 7) is 5.48. The van der Waals surface area contributed by atoms with Gasteiger partial charge in [-0.1, -0.05) is 20.3 Å². The second-order valence-corrected chi connectivity index (χ2v) is 6.91. The Balaban J connectivity index is 2.69. The lowest BCUT2D eigenvalue weighted by atomic mass is 9.94. The van der Waals surface area contributed by atoms with E-state index in [1.807, 2.05) is 13.8 Å². The van der Waals surface area contributed by atoms with Crippen molar-refractivity contribution >= 4 is 11.1 Å². The van der Waals surface area contributed by atoms with Crippen LogP contribution in [0.15, 0.2) is 12.1 Å². The van der Waals surface area contributed by atoms with E-state index in [-0.39, 0.29) is 34.3 Å². The molecule has 2 rings (SSSR count). The largest absolute Gasteiger partial charge is 0.306 e. The van der Waals surface area contributed by atoms with Gasteiger partial charge in [0.25, 0.3) is 0 Å². The maximum Gasteiger partial charge on any atom is 0.160 e. The molecule has 0 spiro atoms. The van der Waals surface area contributed by atoms with Crippen LogP contribution in [0.25, 0.3) is 11.1 Å². The maximum atomic E-state index is 14.3. The minimum absolute atomic E-state index is 0.128. The molecule has 0 saturated heterocycles. The third-order valence-corrected chi connectivity index (χ3v) is 4.46. The highest BCUT2D eigenvalue weighted by molar-refractivity contribution is 7.78. The highest BCUT2D eigenvalue weighted by Gasteiger charge is 2.22. The van der Waals surface area contributed by atoms with Gasteiger partial charge in [-0.2, -0.15) is 0 Å². The first-order valence-corrected chi connectivity index (χ1v) is 9.09. The van der Waals surface area contributed by atoms with E-state index in [9.17, 15) is 17.4 Å². The Morgan fingerprint density at radius 2 is 1.76 bits per heavy atom. The van der Waals surface area contributed by atoms with Gasteiger partial charge in [-0.25, -0.2) is 27.3 Å². The molecule has 136 valence electrons. The summed E-state index contributed by atoms with van der Waals surface area (Å²) in [5.74, 6) is -3.05. The number of hydrogen-bond acceptors (Lipinski definition) is 3. The number of nitrogens with zero attached hydrogens (tertiary/aromatic N) is 2. The van der Waals surface area contributed by atoms with Gasteiger partial charge in [-0.15, -0.1) is 0 Å². The van der Waals surface area contributed by atoms with Crippen LogP contribution in [0.3, 0.4) is 0 Å². The molecule has 0 radical (unpaired) electrons. The average Bonchev–Trinajstić information content (AvgIpc) is 2.48. The number of aryl methyl sites for hydroxylation is 1. The van der Waals surface area contributed by atoms with Gasteiger partial charge in [0.2, 0.25) is 0 Å². The normalized spacial score (nSPS) is 13.7. The zero-order valence-corrected chi connectivity index (χ0v) is 15.0. The van der Waals surface area contributed by atoms with Gasteiger partial charge in [0, 0.05) is 23.4 Å². The molecule has 0 bridgehead atoms. The molecule has 0 aliphatic carbocycles. The maximum absolute atomic E-state index is 14.3. The quantitative estimate of drug-likeness (QED) is 0.773.